The molecule has 0 aliphatic carbocycles. The molecule has 0 rings (SSSR count). The summed E-state index contributed by atoms with van der Waals surface area (Å²) in [6.45, 7) is 3.63. The average molecular weight is 163 g/mol. The highest BCUT2D eigenvalue weighted by Gasteiger charge is 2.26. The zero-order chi connectivity index (χ0) is 9.02. The van der Waals surface area contributed by atoms with E-state index in [1.807, 2.05) is 13.8 Å². The Bertz CT molecular complexity index is 137. The van der Waals surface area contributed by atoms with Gasteiger partial charge in [0.1, 0.15) is 6.10 Å². The fraction of sp³-hybridized carbons (Fsp3) is 1.00. The van der Waals surface area contributed by atoms with E-state index >= 15 is 0 Å². The van der Waals surface area contributed by atoms with Crippen LogP contribution >= 0.6 is 0 Å². The van der Waals surface area contributed by atoms with E-state index in [0.717, 1.165) is 0 Å². The Morgan fingerprint density at radius 1 is 1.45 bits per heavy atom. The maximum absolute atomic E-state index is 9.92. The van der Waals surface area contributed by atoms with E-state index in [1.165, 1.54) is 0 Å². The molecule has 11 heavy (non-hydrogen) atoms. The van der Waals surface area contributed by atoms with Crippen LogP contribution in [0.2, 0.25) is 0 Å². The predicted molar refractivity (Wildman–Crippen MR) is 38.5 cm³/mol. The van der Waals surface area contributed by atoms with Crippen LogP contribution in [0, 0.1) is 16.0 Å². The van der Waals surface area contributed by atoms with Crippen molar-refractivity contribution in [1.29, 1.82) is 0 Å². The topological polar surface area (TPSA) is 83.6 Å². The lowest BCUT2D eigenvalue weighted by Crippen LogP contribution is -2.34. The Balaban J connectivity index is 3.82. The van der Waals surface area contributed by atoms with Crippen molar-refractivity contribution in [3.63, 3.8) is 0 Å². The van der Waals surface area contributed by atoms with Gasteiger partial charge in [-0.2, -0.15) is 0 Å². The maximum Gasteiger partial charge on any atom is 0.338 e. The van der Waals surface area contributed by atoms with E-state index in [4.69, 9.17) is 10.2 Å². The molecule has 0 heterocycles. The second-order valence-corrected chi connectivity index (χ2v) is 2.90. The summed E-state index contributed by atoms with van der Waals surface area (Å²) >= 11 is 0. The summed E-state index contributed by atoms with van der Waals surface area (Å²) < 4.78 is 0. The lowest BCUT2D eigenvalue weighted by molar-refractivity contribution is -0.583. The molecule has 0 saturated heterocycles. The van der Waals surface area contributed by atoms with Crippen LogP contribution in [0.4, 0.5) is 0 Å². The van der Waals surface area contributed by atoms with Crippen molar-refractivity contribution >= 4 is 0 Å². The zero-order valence-electron chi connectivity index (χ0n) is 6.60. The van der Waals surface area contributed by atoms with E-state index < -0.39 is 17.3 Å². The summed E-state index contributed by atoms with van der Waals surface area (Å²) in [6.07, 6.45) is -2.87. The van der Waals surface area contributed by atoms with Crippen LogP contribution in [0.15, 0.2) is 0 Å². The zero-order valence-corrected chi connectivity index (χ0v) is 6.60. The predicted octanol–water partition coefficient (Wildman–Crippen LogP) is -0.0115. The molecule has 5 heteroatoms. The summed E-state index contributed by atoms with van der Waals surface area (Å²) in [5, 5.41) is 27.6. The van der Waals surface area contributed by atoms with Gasteiger partial charge in [0.05, 0.1) is 4.92 Å². The number of hydrogen-bond acceptors (Lipinski definition) is 4. The highest BCUT2D eigenvalue weighted by molar-refractivity contribution is 4.59. The molecule has 0 amide bonds. The van der Waals surface area contributed by atoms with Crippen molar-refractivity contribution in [3.8, 4) is 0 Å². The van der Waals surface area contributed by atoms with Crippen molar-refractivity contribution in [3.05, 3.63) is 10.1 Å². The molecule has 0 aromatic heterocycles. The lowest BCUT2D eigenvalue weighted by atomic mass is 10.1. The Morgan fingerprint density at radius 3 is 2.18 bits per heavy atom. The van der Waals surface area contributed by atoms with E-state index in [-0.39, 0.29) is 12.3 Å². The van der Waals surface area contributed by atoms with Crippen molar-refractivity contribution in [2.45, 2.75) is 32.6 Å². The van der Waals surface area contributed by atoms with Crippen molar-refractivity contribution in [2.75, 3.05) is 0 Å². The minimum absolute atomic E-state index is 0.139. The SMILES string of the molecule is CC(C)CC(O)C(O)[N+](=O)[O-]. The molecule has 0 fully saturated rings. The van der Waals surface area contributed by atoms with Crippen LogP contribution in [0.5, 0.6) is 0 Å². The molecule has 2 atom stereocenters. The van der Waals surface area contributed by atoms with E-state index in [1.54, 1.807) is 0 Å². The van der Waals surface area contributed by atoms with Gasteiger partial charge in [0.2, 0.25) is 0 Å². The standard InChI is InChI=1S/C6H13NO4/c1-4(2)3-5(8)6(9)7(10)11/h4-6,8-9H,3H2,1-2H3. The van der Waals surface area contributed by atoms with E-state index in [9.17, 15) is 10.1 Å². The Labute approximate surface area is 64.8 Å². The average Bonchev–Trinajstić information content (AvgIpc) is 1.84. The quantitative estimate of drug-likeness (QED) is 0.347. The van der Waals surface area contributed by atoms with Gasteiger partial charge in [0.25, 0.3) is 0 Å². The molecule has 5 nitrogen and oxygen atoms in total. The van der Waals surface area contributed by atoms with Gasteiger partial charge < -0.3 is 10.2 Å². The molecule has 0 radical (unpaired) electrons. The van der Waals surface area contributed by atoms with E-state index in [2.05, 4.69) is 0 Å². The number of nitro groups is 1. The molecule has 2 N–H and O–H groups in total. The van der Waals surface area contributed by atoms with Gasteiger partial charge in [0, 0.05) is 0 Å². The van der Waals surface area contributed by atoms with Crippen LogP contribution in [0.1, 0.15) is 20.3 Å². The number of rotatable bonds is 4. The van der Waals surface area contributed by atoms with Crippen molar-refractivity contribution in [1.82, 2.24) is 0 Å². The molecule has 0 aliphatic rings. The highest BCUT2D eigenvalue weighted by atomic mass is 16.7. The van der Waals surface area contributed by atoms with Crippen LogP contribution < -0.4 is 0 Å². The Morgan fingerprint density at radius 2 is 1.91 bits per heavy atom. The molecular formula is C6H13NO4. The first-order valence-corrected chi connectivity index (χ1v) is 3.44. The minimum atomic E-state index is -1.85. The molecule has 2 unspecified atom stereocenters. The molecule has 0 saturated carbocycles. The molecular weight excluding hydrogens is 150 g/mol. The molecule has 0 aromatic carbocycles. The van der Waals surface area contributed by atoms with Crippen LogP contribution in [-0.2, 0) is 0 Å². The van der Waals surface area contributed by atoms with Crippen LogP contribution in [0.3, 0.4) is 0 Å². The summed E-state index contributed by atoms with van der Waals surface area (Å²) in [4.78, 5) is 9.02. The van der Waals surface area contributed by atoms with Crippen LogP contribution in [-0.4, -0.2) is 27.5 Å². The first kappa shape index (κ1) is 10.3. The third kappa shape index (κ3) is 3.90. The van der Waals surface area contributed by atoms with E-state index in [0.29, 0.717) is 0 Å². The van der Waals surface area contributed by atoms with Crippen LogP contribution in [0.25, 0.3) is 0 Å². The molecule has 66 valence electrons. The number of hydrogen-bond donors (Lipinski definition) is 2. The normalized spacial score (nSPS) is 16.5. The van der Waals surface area contributed by atoms with Gasteiger partial charge in [-0.25, -0.2) is 0 Å². The highest BCUT2D eigenvalue weighted by Crippen LogP contribution is 2.07. The number of aliphatic hydroxyl groups is 2. The fourth-order valence-corrected chi connectivity index (χ4v) is 0.745. The third-order valence-electron chi connectivity index (χ3n) is 1.27. The summed E-state index contributed by atoms with van der Waals surface area (Å²) in [5.74, 6) is 0.139. The first-order valence-electron chi connectivity index (χ1n) is 3.44. The van der Waals surface area contributed by atoms with Gasteiger partial charge in [-0.3, -0.25) is 10.1 Å². The van der Waals surface area contributed by atoms with Gasteiger partial charge in [-0.05, 0) is 12.3 Å². The fourth-order valence-electron chi connectivity index (χ4n) is 0.745. The smallest absolute Gasteiger partial charge is 0.338 e. The second kappa shape index (κ2) is 4.25. The first-order chi connectivity index (χ1) is 4.95. The van der Waals surface area contributed by atoms with Crippen molar-refractivity contribution < 1.29 is 15.1 Å². The minimum Gasteiger partial charge on any atom is -0.383 e. The van der Waals surface area contributed by atoms with Gasteiger partial charge in [0.15, 0.2) is 0 Å². The number of nitrogens with zero attached hydrogens (tertiary/aromatic N) is 1. The molecule has 0 bridgehead atoms. The third-order valence-corrected chi connectivity index (χ3v) is 1.27. The maximum atomic E-state index is 9.92. The Hall–Kier alpha value is -0.680. The molecule has 0 aliphatic heterocycles. The lowest BCUT2D eigenvalue weighted by Gasteiger charge is -2.12. The summed E-state index contributed by atoms with van der Waals surface area (Å²) in [5.41, 5.74) is 0. The van der Waals surface area contributed by atoms with Gasteiger partial charge in [-0.15, -0.1) is 0 Å². The van der Waals surface area contributed by atoms with Gasteiger partial charge in [-0.1, -0.05) is 13.8 Å². The summed E-state index contributed by atoms with van der Waals surface area (Å²) in [7, 11) is 0. The molecule has 0 aromatic rings. The second-order valence-electron chi connectivity index (χ2n) is 2.90. The largest absolute Gasteiger partial charge is 0.383 e. The monoisotopic (exact) mass is 163 g/mol. The Kier molecular flexibility index (Phi) is 3.99. The number of aliphatic hydroxyl groups excluding tert-OH is 2. The molecule has 0 spiro atoms. The van der Waals surface area contributed by atoms with Crippen molar-refractivity contribution in [2.24, 2.45) is 5.92 Å². The van der Waals surface area contributed by atoms with Gasteiger partial charge >= 0.3 is 6.23 Å². The summed E-state index contributed by atoms with van der Waals surface area (Å²) in [6, 6.07) is 0.